The fourth-order valence-electron chi connectivity index (χ4n) is 7.26. The second-order valence-corrected chi connectivity index (χ2v) is 34.9. The normalized spacial score (nSPS) is 14.2. The molecule has 5 rings (SSSR count). The first kappa shape index (κ1) is 92.5. The van der Waals surface area contributed by atoms with Crippen LogP contribution in [0.25, 0.3) is 6.20 Å². The van der Waals surface area contributed by atoms with Crippen molar-refractivity contribution in [1.82, 2.24) is 4.98 Å². The van der Waals surface area contributed by atoms with Crippen molar-refractivity contribution in [2.75, 3.05) is 44.5 Å². The number of nitrogens with zero attached hydrogens (tertiary/aromatic N) is 1. The summed E-state index contributed by atoms with van der Waals surface area (Å²) < 4.78 is 196. The number of ketones is 1. The Morgan fingerprint density at radius 3 is 1.47 bits per heavy atom. The van der Waals surface area contributed by atoms with Gasteiger partial charge in [-0.25, -0.2) is 54.0 Å². The lowest BCUT2D eigenvalue weighted by Crippen LogP contribution is -3.06. The van der Waals surface area contributed by atoms with E-state index >= 15 is 0 Å². The third-order valence-corrected chi connectivity index (χ3v) is 20.3. The number of benzene rings is 3. The number of phenols is 1. The van der Waals surface area contributed by atoms with E-state index in [2.05, 4.69) is 89.8 Å². The number of phenolic OH excluding ortho intramolecular Hbond substituents is 1. The second kappa shape index (κ2) is 40.8. The van der Waals surface area contributed by atoms with Crippen LogP contribution >= 0.6 is 181 Å². The van der Waals surface area contributed by atoms with Gasteiger partial charge in [-0.05, 0) is 259 Å². The highest BCUT2D eigenvalue weighted by Crippen LogP contribution is 2.32. The van der Waals surface area contributed by atoms with Crippen LogP contribution in [0.2, 0.25) is 0 Å². The van der Waals surface area contributed by atoms with Crippen molar-refractivity contribution in [3.05, 3.63) is 131 Å². The van der Waals surface area contributed by atoms with Crippen molar-refractivity contribution >= 4 is 247 Å². The number of alkyl halides is 6. The minimum atomic E-state index is -5.27. The van der Waals surface area contributed by atoms with Gasteiger partial charge in [0, 0.05) is 54.5 Å². The third-order valence-electron chi connectivity index (χ3n) is 10.9. The molecular weight excluding hydrogens is 2230 g/mol. The number of piperidine rings is 1. The van der Waals surface area contributed by atoms with E-state index in [1.165, 1.54) is 17.0 Å². The van der Waals surface area contributed by atoms with Gasteiger partial charge in [0.2, 0.25) is 18.5 Å². The van der Waals surface area contributed by atoms with Crippen LogP contribution in [0.15, 0.2) is 86.0 Å². The third kappa shape index (κ3) is 38.9. The molecule has 1 aromatic heterocycles. The average molecular weight is 2300 g/mol. The van der Waals surface area contributed by atoms with E-state index in [1.54, 1.807) is 106 Å². The molecule has 2 heterocycles. The van der Waals surface area contributed by atoms with Gasteiger partial charge in [0.1, 0.15) is 58.8 Å². The van der Waals surface area contributed by atoms with Gasteiger partial charge in [0.15, 0.2) is 5.78 Å². The number of H-pyrrole nitrogens is 1. The quantitative estimate of drug-likeness (QED) is 0.00833. The number of Topliss-reactive ketones (excluding diaryl/α,β-unsaturated/α-hetero) is 1. The van der Waals surface area contributed by atoms with Crippen molar-refractivity contribution < 1.29 is 128 Å². The Morgan fingerprint density at radius 1 is 0.702 bits per heavy atom. The Labute approximate surface area is 649 Å². The Morgan fingerprint density at radius 2 is 1.11 bits per heavy atom. The van der Waals surface area contributed by atoms with Gasteiger partial charge in [-0.3, -0.25) is 4.79 Å². The van der Waals surface area contributed by atoms with E-state index in [0.29, 0.717) is 44.7 Å². The SMILES string of the molecule is C=C(C)C(=O)OC1CC(C)(C)[NH2+]C(C)(C)C1.C=C(C)C(=O)OCC[NH+](C)C.C=C[n+]1cc[nH]c1.O=C(CS(=O)(=O)[O-])c1c(I)cc(I)cc1I.O=C(OC(CS(=O)(=O)[O-])C(F)(F)F)c1cc(I)cc(I)c1I.O=C(OC(CS(=O)(=O)[O-])C(F)(F)F)c1cc(I)cc(I)c1O. The first-order chi connectivity index (χ1) is 42.4. The number of nitrogens with two attached hydrogens (primary N) is 1. The number of carbonyl (C=O) groups is 5. The van der Waals surface area contributed by atoms with E-state index in [4.69, 9.17) is 9.47 Å². The van der Waals surface area contributed by atoms with Gasteiger partial charge < -0.3 is 47.9 Å². The number of hydrogen-bond acceptors (Lipinski definition) is 19. The fourth-order valence-corrected chi connectivity index (χ4v) is 17.4. The summed E-state index contributed by atoms with van der Waals surface area (Å²) in [7, 11) is -11.0. The first-order valence-electron chi connectivity index (χ1n) is 25.8. The molecule has 0 bridgehead atoms. The number of likely N-dealkylation sites (N-methyl/N-ethyl adjacent to an activating group) is 1. The van der Waals surface area contributed by atoms with Crippen LogP contribution in [-0.2, 0) is 58.9 Å². The lowest BCUT2D eigenvalue weighted by atomic mass is 9.81. The number of ether oxygens (including phenoxy) is 4. The van der Waals surface area contributed by atoms with Crippen molar-refractivity contribution in [2.24, 2.45) is 0 Å². The maximum absolute atomic E-state index is 12.7. The Kier molecular flexibility index (Phi) is 40.2. The summed E-state index contributed by atoms with van der Waals surface area (Å²) in [5.41, 5.74) is 0.803. The zero-order valence-electron chi connectivity index (χ0n) is 50.4. The lowest BCUT2D eigenvalue weighted by molar-refractivity contribution is -0.858. The average Bonchev–Trinajstić information content (AvgIpc) is 0.958. The highest BCUT2D eigenvalue weighted by molar-refractivity contribution is 14.1. The van der Waals surface area contributed by atoms with E-state index in [-0.39, 0.29) is 38.3 Å². The molecule has 0 radical (unpaired) electrons. The fraction of sp³-hybridized carbons (Fsp3) is 0.407. The van der Waals surface area contributed by atoms with Crippen LogP contribution in [0, 0.1) is 28.6 Å². The van der Waals surface area contributed by atoms with Crippen LogP contribution in [0.4, 0.5) is 26.3 Å². The number of carbonyl (C=O) groups excluding carboxylic acids is 5. The van der Waals surface area contributed by atoms with Gasteiger partial charge in [-0.1, -0.05) is 19.7 Å². The molecule has 5 N–H and O–H groups in total. The standard InChI is InChI=1S/C13H23NO2.C10H6F3I3O5S.C10H7F3I2O6S.C8H5I3O4S.C8H15NO2.C5H6N2/c1-9(2)11(15)16-10-7-12(3,4)14-13(5,6)8-10;2*11-10(12,13)7(3-22(18,19)20)21-9(17)5-1-4(14)2-6(15)8(5)16;9-4-1-5(10)8(6(11)2-4)7(12)3-16(13,14)15;1-7(2)8(10)11-6-5-9(3)4;1-2-7-4-3-6-5-7/h10,14H,1,7-8H2,2-6H3;1-2,7H,3H2,(H,18,19,20);1-2,7,16H,3H2,(H,18,19,20);1-2H,3H2,(H,13,14,15);1,5-6H2,2-4H3;2-5H,1H2. The monoisotopic (exact) mass is 2300 g/mol. The van der Waals surface area contributed by atoms with Gasteiger partial charge in [0.25, 0.3) is 0 Å². The summed E-state index contributed by atoms with van der Waals surface area (Å²) in [5, 5.41) is 12.0. The second-order valence-electron chi connectivity index (χ2n) is 21.2. The van der Waals surface area contributed by atoms with Gasteiger partial charge in [-0.15, -0.1) is 0 Å². The summed E-state index contributed by atoms with van der Waals surface area (Å²) in [6, 6.07) is 9.05. The number of aromatic hydroxyl groups is 1. The summed E-state index contributed by atoms with van der Waals surface area (Å²) in [6.45, 7) is 24.0. The maximum Gasteiger partial charge on any atom is 0.426 e. The predicted octanol–water partition coefficient (Wildman–Crippen LogP) is 8.64. The van der Waals surface area contributed by atoms with E-state index in [1.807, 2.05) is 128 Å². The summed E-state index contributed by atoms with van der Waals surface area (Å²) in [5.74, 6) is -9.53. The summed E-state index contributed by atoms with van der Waals surface area (Å²) >= 11 is 14.9. The minimum absolute atomic E-state index is 0.0131. The Bertz CT molecular complexity index is 3540. The maximum atomic E-state index is 12.7. The molecule has 528 valence electrons. The molecule has 2 unspecified atom stereocenters. The molecule has 4 aromatic rings. The summed E-state index contributed by atoms with van der Waals surface area (Å²) in [4.78, 5) is 61.7. The molecule has 1 aliphatic rings. The number of imidazole rings is 1. The largest absolute Gasteiger partial charge is 0.748 e. The lowest BCUT2D eigenvalue weighted by Gasteiger charge is -2.42. The van der Waals surface area contributed by atoms with Crippen molar-refractivity contribution in [1.29, 1.82) is 0 Å². The molecule has 94 heavy (non-hydrogen) atoms. The first-order valence-corrected chi connectivity index (χ1v) is 39.1. The van der Waals surface area contributed by atoms with E-state index in [9.17, 15) is 94.3 Å². The van der Waals surface area contributed by atoms with Crippen LogP contribution in [0.3, 0.4) is 0 Å². The molecule has 40 heteroatoms. The number of nitrogens with one attached hydrogen (secondary N) is 2. The van der Waals surface area contributed by atoms with Gasteiger partial charge in [-0.2, -0.15) is 26.3 Å². The van der Waals surface area contributed by atoms with Crippen LogP contribution in [0.1, 0.15) is 85.5 Å². The Hall–Kier alpha value is -1.49. The summed E-state index contributed by atoms with van der Waals surface area (Å²) in [6.07, 6.45) is -7.46. The molecule has 1 fully saturated rings. The molecule has 0 saturated carbocycles. The molecule has 1 saturated heterocycles. The highest BCUT2D eigenvalue weighted by Gasteiger charge is 2.46. The Balaban J connectivity index is 0.00000114. The van der Waals surface area contributed by atoms with E-state index < -0.39 is 101 Å². The van der Waals surface area contributed by atoms with Gasteiger partial charge >= 0.3 is 36.2 Å². The zero-order chi connectivity index (χ0) is 73.6. The van der Waals surface area contributed by atoms with Crippen molar-refractivity contribution in [2.45, 2.75) is 96.1 Å². The molecule has 0 amide bonds. The molecule has 1 aliphatic heterocycles. The number of aromatic amines is 1. The smallest absolute Gasteiger partial charge is 0.426 e. The molecule has 3 aromatic carbocycles. The number of aromatic nitrogens is 2. The van der Waals surface area contributed by atoms with Crippen LogP contribution in [-0.4, -0.2) is 165 Å². The number of halogens is 14. The minimum Gasteiger partial charge on any atom is -0.748 e. The number of esters is 4. The number of quaternary nitrogens is 2. The molecular formula is C54H62F6I8N4O19S3. The number of hydrogen-bond donors (Lipinski definition) is 4. The molecule has 0 spiro atoms. The van der Waals surface area contributed by atoms with Crippen molar-refractivity contribution in [3.8, 4) is 5.75 Å². The molecule has 23 nitrogen and oxygen atoms in total. The highest BCUT2D eigenvalue weighted by atomic mass is 127. The van der Waals surface area contributed by atoms with Crippen LogP contribution in [0.5, 0.6) is 5.75 Å². The molecule has 0 aliphatic carbocycles. The molecule has 2 atom stereocenters. The van der Waals surface area contributed by atoms with Gasteiger partial charge in [0.05, 0.1) is 72.2 Å². The predicted molar refractivity (Wildman–Crippen MR) is 396 cm³/mol. The zero-order valence-corrected chi connectivity index (χ0v) is 70.1. The van der Waals surface area contributed by atoms with E-state index in [0.717, 1.165) is 29.0 Å². The topological polar surface area (TPSA) is 355 Å². The van der Waals surface area contributed by atoms with Crippen LogP contribution < -0.4 is 14.8 Å². The number of rotatable bonds is 18. The van der Waals surface area contributed by atoms with Crippen molar-refractivity contribution in [3.63, 3.8) is 0 Å².